The van der Waals surface area contributed by atoms with E-state index in [-0.39, 0.29) is 5.41 Å². The third-order valence-corrected chi connectivity index (χ3v) is 4.65. The van der Waals surface area contributed by atoms with Crippen molar-refractivity contribution in [2.24, 2.45) is 23.2 Å². The van der Waals surface area contributed by atoms with Crippen LogP contribution in [0.25, 0.3) is 0 Å². The van der Waals surface area contributed by atoms with Crippen molar-refractivity contribution >= 4 is 0 Å². The molecule has 3 heteroatoms. The van der Waals surface area contributed by atoms with E-state index in [0.717, 1.165) is 31.7 Å². The van der Waals surface area contributed by atoms with Crippen molar-refractivity contribution in [2.45, 2.75) is 39.4 Å². The van der Waals surface area contributed by atoms with E-state index in [1.807, 2.05) is 6.92 Å². The van der Waals surface area contributed by atoms with E-state index in [1.165, 1.54) is 12.8 Å². The first-order chi connectivity index (χ1) is 8.96. The average molecular weight is 266 g/mol. The van der Waals surface area contributed by atoms with E-state index < -0.39 is 5.79 Å². The topological polar surface area (TPSA) is 27.7 Å². The van der Waals surface area contributed by atoms with Crippen molar-refractivity contribution in [2.75, 3.05) is 26.4 Å². The van der Waals surface area contributed by atoms with Crippen LogP contribution in [0, 0.1) is 23.2 Å². The van der Waals surface area contributed by atoms with Gasteiger partial charge in [-0.05, 0) is 37.5 Å². The molecule has 3 atom stereocenters. The number of fused-ring (bicyclic) bond motifs is 2. The van der Waals surface area contributed by atoms with Gasteiger partial charge < -0.3 is 14.2 Å². The van der Waals surface area contributed by atoms with Gasteiger partial charge in [0.1, 0.15) is 6.61 Å². The normalized spacial score (nSPS) is 38.8. The molecule has 1 aliphatic heterocycles. The fraction of sp³-hybridized carbons (Fsp3) is 0.875. The minimum absolute atomic E-state index is 0.120. The van der Waals surface area contributed by atoms with Crippen molar-refractivity contribution in [1.82, 2.24) is 0 Å². The summed E-state index contributed by atoms with van der Waals surface area (Å²) in [7, 11) is 0. The number of ether oxygens (including phenoxy) is 3. The molecule has 108 valence electrons. The predicted molar refractivity (Wildman–Crippen MR) is 73.8 cm³/mol. The molecule has 3 unspecified atom stereocenters. The lowest BCUT2D eigenvalue weighted by atomic mass is 9.94. The minimum Gasteiger partial charge on any atom is -0.376 e. The van der Waals surface area contributed by atoms with Crippen molar-refractivity contribution in [3.8, 4) is 0 Å². The SMILES string of the molecule is CC1(C)COC(C)(COCC2CC3C=CC2C3)OC1. The van der Waals surface area contributed by atoms with Crippen LogP contribution in [0.15, 0.2) is 12.2 Å². The van der Waals surface area contributed by atoms with E-state index in [1.54, 1.807) is 0 Å². The van der Waals surface area contributed by atoms with E-state index in [9.17, 15) is 0 Å². The Morgan fingerprint density at radius 1 is 1.11 bits per heavy atom. The van der Waals surface area contributed by atoms with Gasteiger partial charge in [-0.25, -0.2) is 0 Å². The van der Waals surface area contributed by atoms with Gasteiger partial charge in [0.05, 0.1) is 19.8 Å². The Bertz CT molecular complexity index is 351. The second-order valence-corrected chi connectivity index (χ2v) is 7.43. The fourth-order valence-corrected chi connectivity index (χ4v) is 3.34. The molecule has 3 nitrogen and oxygen atoms in total. The molecule has 3 rings (SSSR count). The lowest BCUT2D eigenvalue weighted by molar-refractivity contribution is -0.306. The number of hydrogen-bond donors (Lipinski definition) is 0. The molecule has 0 N–H and O–H groups in total. The zero-order chi connectivity index (χ0) is 13.5. The Labute approximate surface area is 116 Å². The maximum atomic E-state index is 5.90. The highest BCUT2D eigenvalue weighted by Crippen LogP contribution is 2.43. The molecule has 0 aromatic carbocycles. The zero-order valence-corrected chi connectivity index (χ0v) is 12.4. The standard InChI is InChI=1S/C16H26O3/c1-15(2)9-18-16(3,19-10-15)11-17-8-14-7-12-4-5-13(14)6-12/h4-5,12-14H,6-11H2,1-3H3. The fourth-order valence-electron chi connectivity index (χ4n) is 3.34. The maximum absolute atomic E-state index is 5.90. The van der Waals surface area contributed by atoms with Crippen LogP contribution in [0.1, 0.15) is 33.6 Å². The Balaban J connectivity index is 1.41. The van der Waals surface area contributed by atoms with Gasteiger partial charge in [0.2, 0.25) is 0 Å². The van der Waals surface area contributed by atoms with Crippen LogP contribution < -0.4 is 0 Å². The predicted octanol–water partition coefficient (Wildman–Crippen LogP) is 3.00. The smallest absolute Gasteiger partial charge is 0.188 e. The minimum atomic E-state index is -0.553. The molecule has 0 spiro atoms. The van der Waals surface area contributed by atoms with Crippen LogP contribution >= 0.6 is 0 Å². The molecule has 0 aromatic heterocycles. The Kier molecular flexibility index (Phi) is 3.48. The van der Waals surface area contributed by atoms with Gasteiger partial charge in [-0.1, -0.05) is 26.0 Å². The summed E-state index contributed by atoms with van der Waals surface area (Å²) in [5, 5.41) is 0. The molecule has 1 heterocycles. The molecule has 0 radical (unpaired) electrons. The first-order valence-electron chi connectivity index (χ1n) is 7.50. The summed E-state index contributed by atoms with van der Waals surface area (Å²) in [6, 6.07) is 0. The molecule has 2 aliphatic carbocycles. The van der Waals surface area contributed by atoms with Gasteiger partial charge >= 0.3 is 0 Å². The third-order valence-electron chi connectivity index (χ3n) is 4.65. The summed E-state index contributed by atoms with van der Waals surface area (Å²) in [5.74, 6) is 1.73. The van der Waals surface area contributed by atoms with Gasteiger partial charge in [-0.15, -0.1) is 0 Å². The van der Waals surface area contributed by atoms with Gasteiger partial charge in [-0.2, -0.15) is 0 Å². The molecule has 19 heavy (non-hydrogen) atoms. The first-order valence-corrected chi connectivity index (χ1v) is 7.50. The van der Waals surface area contributed by atoms with Crippen LogP contribution in [-0.2, 0) is 14.2 Å². The molecular weight excluding hydrogens is 240 g/mol. The third kappa shape index (κ3) is 3.04. The number of hydrogen-bond acceptors (Lipinski definition) is 3. The highest BCUT2D eigenvalue weighted by atomic mass is 16.7. The van der Waals surface area contributed by atoms with Gasteiger partial charge in [0, 0.05) is 5.41 Å². The Hall–Kier alpha value is -0.380. The molecule has 2 bridgehead atoms. The van der Waals surface area contributed by atoms with Crippen LogP contribution in [0.2, 0.25) is 0 Å². The number of allylic oxidation sites excluding steroid dienone is 2. The highest BCUT2D eigenvalue weighted by Gasteiger charge is 2.39. The van der Waals surface area contributed by atoms with Crippen LogP contribution in [0.4, 0.5) is 0 Å². The van der Waals surface area contributed by atoms with E-state index in [4.69, 9.17) is 14.2 Å². The molecule has 1 saturated heterocycles. The lowest BCUT2D eigenvalue weighted by Gasteiger charge is -2.41. The Morgan fingerprint density at radius 3 is 2.42 bits per heavy atom. The largest absolute Gasteiger partial charge is 0.376 e. The summed E-state index contributed by atoms with van der Waals surface area (Å²) in [6.45, 7) is 9.18. The van der Waals surface area contributed by atoms with Crippen molar-refractivity contribution in [3.63, 3.8) is 0 Å². The Morgan fingerprint density at radius 2 is 1.84 bits per heavy atom. The quantitative estimate of drug-likeness (QED) is 0.732. The van der Waals surface area contributed by atoms with Crippen LogP contribution in [-0.4, -0.2) is 32.2 Å². The number of rotatable bonds is 4. The molecule has 3 aliphatic rings. The molecule has 1 saturated carbocycles. The second-order valence-electron chi connectivity index (χ2n) is 7.43. The molecular formula is C16H26O3. The monoisotopic (exact) mass is 266 g/mol. The van der Waals surface area contributed by atoms with Crippen molar-refractivity contribution in [1.29, 1.82) is 0 Å². The molecule has 0 aromatic rings. The van der Waals surface area contributed by atoms with E-state index in [2.05, 4.69) is 26.0 Å². The zero-order valence-electron chi connectivity index (χ0n) is 12.4. The summed E-state index contributed by atoms with van der Waals surface area (Å²) in [6.07, 6.45) is 7.39. The summed E-state index contributed by atoms with van der Waals surface area (Å²) < 4.78 is 17.6. The molecule has 2 fully saturated rings. The van der Waals surface area contributed by atoms with Gasteiger partial charge in [0.15, 0.2) is 5.79 Å². The summed E-state index contributed by atoms with van der Waals surface area (Å²) in [4.78, 5) is 0. The first kappa shape index (κ1) is 13.6. The van der Waals surface area contributed by atoms with Crippen LogP contribution in [0.5, 0.6) is 0 Å². The van der Waals surface area contributed by atoms with Crippen molar-refractivity contribution in [3.05, 3.63) is 12.2 Å². The summed E-state index contributed by atoms with van der Waals surface area (Å²) >= 11 is 0. The van der Waals surface area contributed by atoms with Crippen molar-refractivity contribution < 1.29 is 14.2 Å². The maximum Gasteiger partial charge on any atom is 0.188 e. The van der Waals surface area contributed by atoms with E-state index >= 15 is 0 Å². The van der Waals surface area contributed by atoms with Crippen LogP contribution in [0.3, 0.4) is 0 Å². The average Bonchev–Trinajstić information content (AvgIpc) is 2.96. The van der Waals surface area contributed by atoms with Gasteiger partial charge in [-0.3, -0.25) is 0 Å². The van der Waals surface area contributed by atoms with E-state index in [0.29, 0.717) is 12.5 Å². The van der Waals surface area contributed by atoms with Gasteiger partial charge in [0.25, 0.3) is 0 Å². The highest BCUT2D eigenvalue weighted by molar-refractivity contribution is 5.10. The lowest BCUT2D eigenvalue weighted by Crippen LogP contribution is -2.48. The second kappa shape index (κ2) is 4.87. The summed E-state index contributed by atoms with van der Waals surface area (Å²) in [5.41, 5.74) is 0.120. The molecule has 0 amide bonds.